The number of hydrogen-bond acceptors (Lipinski definition) is 3. The highest BCUT2D eigenvalue weighted by Gasteiger charge is 2.35. The molecule has 2 rings (SSSR count). The lowest BCUT2D eigenvalue weighted by Crippen LogP contribution is -2.29. The second kappa shape index (κ2) is 4.29. The predicted molar refractivity (Wildman–Crippen MR) is 64.8 cm³/mol. The van der Waals surface area contributed by atoms with Crippen LogP contribution < -0.4 is 5.73 Å². The van der Waals surface area contributed by atoms with Gasteiger partial charge in [-0.3, -0.25) is 4.79 Å². The number of nitrogens with two attached hydrogens (primary N) is 1. The number of nitrogens with zero attached hydrogens (tertiary/aromatic N) is 1. The van der Waals surface area contributed by atoms with Crippen LogP contribution >= 0.6 is 0 Å². The van der Waals surface area contributed by atoms with E-state index in [2.05, 4.69) is 0 Å². The Balaban J connectivity index is 2.52. The quantitative estimate of drug-likeness (QED) is 0.851. The van der Waals surface area contributed by atoms with Crippen LogP contribution in [0.3, 0.4) is 0 Å². The number of benzene rings is 1. The molecule has 6 heteroatoms. The SMILES string of the molecule is CC1C(=O)C(c2cccc(C(F)(F)F)c2)=C(N)N1C. The van der Waals surface area contributed by atoms with E-state index in [-0.39, 0.29) is 22.7 Å². The van der Waals surface area contributed by atoms with Crippen molar-refractivity contribution in [3.8, 4) is 0 Å². The van der Waals surface area contributed by atoms with Gasteiger partial charge in [0.05, 0.1) is 17.2 Å². The van der Waals surface area contributed by atoms with Crippen LogP contribution in [0.1, 0.15) is 18.1 Å². The number of halogens is 3. The van der Waals surface area contributed by atoms with E-state index >= 15 is 0 Å². The van der Waals surface area contributed by atoms with Crippen LogP contribution in [0.2, 0.25) is 0 Å². The van der Waals surface area contributed by atoms with Gasteiger partial charge < -0.3 is 10.6 Å². The number of hydrogen-bond donors (Lipinski definition) is 1. The van der Waals surface area contributed by atoms with E-state index in [0.29, 0.717) is 0 Å². The molecule has 2 N–H and O–H groups in total. The van der Waals surface area contributed by atoms with Gasteiger partial charge in [-0.15, -0.1) is 0 Å². The Labute approximate surface area is 108 Å². The fourth-order valence-electron chi connectivity index (χ4n) is 2.04. The van der Waals surface area contributed by atoms with Gasteiger partial charge in [-0.2, -0.15) is 13.2 Å². The van der Waals surface area contributed by atoms with Crippen LogP contribution in [0.4, 0.5) is 13.2 Å². The van der Waals surface area contributed by atoms with Crippen LogP contribution in [-0.2, 0) is 11.0 Å². The van der Waals surface area contributed by atoms with Crippen molar-refractivity contribution in [1.82, 2.24) is 4.90 Å². The summed E-state index contributed by atoms with van der Waals surface area (Å²) in [6, 6.07) is 4.19. The van der Waals surface area contributed by atoms with E-state index in [9.17, 15) is 18.0 Å². The van der Waals surface area contributed by atoms with E-state index in [1.54, 1.807) is 18.9 Å². The number of alkyl halides is 3. The van der Waals surface area contributed by atoms with Crippen molar-refractivity contribution < 1.29 is 18.0 Å². The number of carbonyl (C=O) groups is 1. The highest BCUT2D eigenvalue weighted by atomic mass is 19.4. The van der Waals surface area contributed by atoms with Crippen LogP contribution in [0, 0.1) is 0 Å². The summed E-state index contributed by atoms with van der Waals surface area (Å²) < 4.78 is 38.0. The maximum Gasteiger partial charge on any atom is 0.416 e. The number of likely N-dealkylation sites (N-methyl/N-ethyl adjacent to an activating group) is 1. The Morgan fingerprint density at radius 1 is 1.32 bits per heavy atom. The molecule has 1 unspecified atom stereocenters. The normalized spacial score (nSPS) is 20.4. The molecule has 1 aliphatic rings. The van der Waals surface area contributed by atoms with E-state index in [1.807, 2.05) is 0 Å². The summed E-state index contributed by atoms with van der Waals surface area (Å²) in [4.78, 5) is 13.6. The van der Waals surface area contributed by atoms with Crippen LogP contribution in [0.5, 0.6) is 0 Å². The first kappa shape index (κ1) is 13.5. The molecule has 0 fully saturated rings. The molecule has 102 valence electrons. The Morgan fingerprint density at radius 3 is 2.42 bits per heavy atom. The predicted octanol–water partition coefficient (Wildman–Crippen LogP) is 2.24. The van der Waals surface area contributed by atoms with Gasteiger partial charge in [0.1, 0.15) is 5.82 Å². The molecule has 1 aromatic carbocycles. The largest absolute Gasteiger partial charge is 0.416 e. The minimum Gasteiger partial charge on any atom is -0.385 e. The van der Waals surface area contributed by atoms with E-state index < -0.39 is 17.8 Å². The van der Waals surface area contributed by atoms with Crippen LogP contribution in [0.15, 0.2) is 30.1 Å². The van der Waals surface area contributed by atoms with Crippen molar-refractivity contribution >= 4 is 11.4 Å². The minimum atomic E-state index is -4.44. The molecule has 0 aliphatic carbocycles. The first-order valence-electron chi connectivity index (χ1n) is 5.68. The van der Waals surface area contributed by atoms with Crippen molar-refractivity contribution in [2.45, 2.75) is 19.1 Å². The Bertz CT molecular complexity index is 563. The van der Waals surface area contributed by atoms with E-state index in [4.69, 9.17) is 5.73 Å². The molecule has 0 bridgehead atoms. The second-order valence-electron chi connectivity index (χ2n) is 4.49. The lowest BCUT2D eigenvalue weighted by molar-refractivity contribution is -0.137. The molecule has 1 aliphatic heterocycles. The number of Topliss-reactive ketones (excluding diaryl/α,β-unsaturated/α-hetero) is 1. The third-order valence-electron chi connectivity index (χ3n) is 3.32. The molecule has 3 nitrogen and oxygen atoms in total. The highest BCUT2D eigenvalue weighted by Crippen LogP contribution is 2.34. The van der Waals surface area contributed by atoms with E-state index in [0.717, 1.165) is 12.1 Å². The lowest BCUT2D eigenvalue weighted by atomic mass is 9.99. The molecule has 1 heterocycles. The van der Waals surface area contributed by atoms with Gasteiger partial charge in [0, 0.05) is 7.05 Å². The summed E-state index contributed by atoms with van der Waals surface area (Å²) in [7, 11) is 1.64. The first-order chi connectivity index (χ1) is 8.73. The van der Waals surface area contributed by atoms with Gasteiger partial charge in [-0.25, -0.2) is 0 Å². The Kier molecular flexibility index (Phi) is 3.04. The third kappa shape index (κ3) is 2.18. The maximum absolute atomic E-state index is 12.7. The molecule has 0 spiro atoms. The smallest absolute Gasteiger partial charge is 0.385 e. The van der Waals surface area contributed by atoms with Gasteiger partial charge in [0.15, 0.2) is 5.78 Å². The Hall–Kier alpha value is -1.98. The number of rotatable bonds is 1. The zero-order valence-corrected chi connectivity index (χ0v) is 10.5. The summed E-state index contributed by atoms with van der Waals surface area (Å²) in [6.45, 7) is 1.66. The Morgan fingerprint density at radius 2 is 1.95 bits per heavy atom. The average Bonchev–Trinajstić information content (AvgIpc) is 2.53. The first-order valence-corrected chi connectivity index (χ1v) is 5.68. The molecule has 0 radical (unpaired) electrons. The summed E-state index contributed by atoms with van der Waals surface area (Å²) in [6.07, 6.45) is -4.44. The van der Waals surface area contributed by atoms with Gasteiger partial charge in [0.25, 0.3) is 0 Å². The molecule has 1 atom stereocenters. The summed E-state index contributed by atoms with van der Waals surface area (Å²) in [5.74, 6) is -0.0591. The molecule has 0 saturated carbocycles. The number of ketones is 1. The fourth-order valence-corrected chi connectivity index (χ4v) is 2.04. The van der Waals surface area contributed by atoms with Gasteiger partial charge in [-0.05, 0) is 24.6 Å². The van der Waals surface area contributed by atoms with Gasteiger partial charge >= 0.3 is 6.18 Å². The van der Waals surface area contributed by atoms with Crippen LogP contribution in [-0.4, -0.2) is 23.8 Å². The standard InChI is InChI=1S/C13H13F3N2O/c1-7-11(19)10(12(17)18(7)2)8-4-3-5-9(6-8)13(14,15)16/h3-7H,17H2,1-2H3. The molecule has 0 saturated heterocycles. The molecular formula is C13H13F3N2O. The van der Waals surface area contributed by atoms with Gasteiger partial charge in [-0.1, -0.05) is 12.1 Å². The van der Waals surface area contributed by atoms with Crippen molar-refractivity contribution in [1.29, 1.82) is 0 Å². The molecule has 1 aromatic rings. The second-order valence-corrected chi connectivity index (χ2v) is 4.49. The maximum atomic E-state index is 12.7. The van der Waals surface area contributed by atoms with Crippen molar-refractivity contribution in [2.75, 3.05) is 7.05 Å². The molecule has 0 amide bonds. The highest BCUT2D eigenvalue weighted by molar-refractivity contribution is 6.25. The van der Waals surface area contributed by atoms with Crippen molar-refractivity contribution in [3.63, 3.8) is 0 Å². The van der Waals surface area contributed by atoms with Crippen molar-refractivity contribution in [3.05, 3.63) is 41.2 Å². The average molecular weight is 270 g/mol. The lowest BCUT2D eigenvalue weighted by Gasteiger charge is -2.16. The molecule has 0 aromatic heterocycles. The van der Waals surface area contributed by atoms with Gasteiger partial charge in [0.2, 0.25) is 0 Å². The minimum absolute atomic E-state index is 0.154. The third-order valence-corrected chi connectivity index (χ3v) is 3.32. The van der Waals surface area contributed by atoms with Crippen LogP contribution in [0.25, 0.3) is 5.57 Å². The van der Waals surface area contributed by atoms with E-state index in [1.165, 1.54) is 12.1 Å². The summed E-state index contributed by atoms with van der Waals surface area (Å²) in [5, 5.41) is 0. The topological polar surface area (TPSA) is 46.3 Å². The summed E-state index contributed by atoms with van der Waals surface area (Å²) in [5.41, 5.74) is 5.36. The number of carbonyl (C=O) groups excluding carboxylic acids is 1. The monoisotopic (exact) mass is 270 g/mol. The fraction of sp³-hybridized carbons (Fsp3) is 0.308. The summed E-state index contributed by atoms with van der Waals surface area (Å²) >= 11 is 0. The zero-order chi connectivity index (χ0) is 14.4. The molecular weight excluding hydrogens is 257 g/mol. The molecule has 19 heavy (non-hydrogen) atoms. The zero-order valence-electron chi connectivity index (χ0n) is 10.5. The van der Waals surface area contributed by atoms with Crippen molar-refractivity contribution in [2.24, 2.45) is 5.73 Å².